The van der Waals surface area contributed by atoms with Gasteiger partial charge in [-0.25, -0.2) is 0 Å². The maximum atomic E-state index is 3.88. The van der Waals surface area contributed by atoms with E-state index in [1.807, 2.05) is 0 Å². The summed E-state index contributed by atoms with van der Waals surface area (Å²) >= 11 is 0. The van der Waals surface area contributed by atoms with Crippen molar-refractivity contribution >= 4 is 37.7 Å². The van der Waals surface area contributed by atoms with E-state index in [2.05, 4.69) is 27.7 Å². The number of hydrogen-bond acceptors (Lipinski definition) is 0. The van der Waals surface area contributed by atoms with E-state index < -0.39 is 0 Å². The van der Waals surface area contributed by atoms with Crippen LogP contribution in [0.5, 0.6) is 0 Å². The SMILES string of the molecule is [CH2-]CCCCCCCCCCCCCCCCC.[CH2-]CCCCCCCCCCCCCCCCC.[Ca+2]. The van der Waals surface area contributed by atoms with Crippen molar-refractivity contribution in [2.24, 2.45) is 0 Å². The molecule has 0 aliphatic rings. The van der Waals surface area contributed by atoms with Gasteiger partial charge in [0.2, 0.25) is 0 Å². The fraction of sp³-hybridized carbons (Fsp3) is 0.944. The van der Waals surface area contributed by atoms with Crippen LogP contribution in [0, 0.1) is 13.8 Å². The Hall–Kier alpha value is 1.26. The Bertz CT molecular complexity index is 263. The van der Waals surface area contributed by atoms with E-state index >= 15 is 0 Å². The largest absolute Gasteiger partial charge is 2.00 e. The van der Waals surface area contributed by atoms with E-state index in [0.29, 0.717) is 0 Å². The Morgan fingerprint density at radius 3 is 0.514 bits per heavy atom. The number of hydrogen-bond donors (Lipinski definition) is 0. The van der Waals surface area contributed by atoms with Crippen molar-refractivity contribution < 1.29 is 0 Å². The molecule has 0 amide bonds. The van der Waals surface area contributed by atoms with Crippen molar-refractivity contribution in [2.75, 3.05) is 0 Å². The first-order chi connectivity index (χ1) is 17.8. The van der Waals surface area contributed by atoms with Crippen molar-refractivity contribution in [2.45, 2.75) is 219 Å². The van der Waals surface area contributed by atoms with Crippen LogP contribution in [-0.2, 0) is 0 Å². The van der Waals surface area contributed by atoms with Crippen molar-refractivity contribution in [3.8, 4) is 0 Å². The van der Waals surface area contributed by atoms with Gasteiger partial charge in [0.25, 0.3) is 0 Å². The van der Waals surface area contributed by atoms with Gasteiger partial charge in [0, 0.05) is 0 Å². The summed E-state index contributed by atoms with van der Waals surface area (Å²) in [5.41, 5.74) is 0. The van der Waals surface area contributed by atoms with Gasteiger partial charge in [-0.1, -0.05) is 206 Å². The average molecular weight is 547 g/mol. The zero-order chi connectivity index (χ0) is 26.6. The first-order valence-electron chi connectivity index (χ1n) is 17.4. The second-order valence-electron chi connectivity index (χ2n) is 11.6. The van der Waals surface area contributed by atoms with Gasteiger partial charge in [-0.15, -0.1) is 0 Å². The van der Waals surface area contributed by atoms with Gasteiger partial charge in [-0.2, -0.15) is 12.8 Å². The summed E-state index contributed by atoms with van der Waals surface area (Å²) in [6.07, 6.45) is 45.6. The first-order valence-corrected chi connectivity index (χ1v) is 17.4. The summed E-state index contributed by atoms with van der Waals surface area (Å²) in [5.74, 6) is 0. The zero-order valence-electron chi connectivity index (χ0n) is 26.7. The average Bonchev–Trinajstić information content (AvgIpc) is 2.89. The second kappa shape index (κ2) is 44.3. The molecular weight excluding hydrogens is 472 g/mol. The number of rotatable bonds is 30. The van der Waals surface area contributed by atoms with E-state index in [0.717, 1.165) is 12.8 Å². The van der Waals surface area contributed by atoms with Gasteiger partial charge < -0.3 is 13.8 Å². The summed E-state index contributed by atoms with van der Waals surface area (Å²) in [4.78, 5) is 0. The molecule has 1 heteroatoms. The molecule has 0 atom stereocenters. The Morgan fingerprint density at radius 2 is 0.378 bits per heavy atom. The van der Waals surface area contributed by atoms with Gasteiger partial charge in [0.1, 0.15) is 0 Å². The zero-order valence-corrected chi connectivity index (χ0v) is 29.0. The Morgan fingerprint density at radius 1 is 0.243 bits per heavy atom. The molecule has 0 unspecified atom stereocenters. The van der Waals surface area contributed by atoms with Crippen molar-refractivity contribution in [1.82, 2.24) is 0 Å². The molecule has 0 radical (unpaired) electrons. The maximum absolute atomic E-state index is 3.88. The van der Waals surface area contributed by atoms with Crippen LogP contribution in [0.1, 0.15) is 219 Å². The van der Waals surface area contributed by atoms with E-state index in [1.165, 1.54) is 193 Å². The third kappa shape index (κ3) is 47.4. The van der Waals surface area contributed by atoms with Crippen LogP contribution >= 0.6 is 0 Å². The fourth-order valence-corrected chi connectivity index (χ4v) is 5.10. The first kappa shape index (κ1) is 42.7. The molecule has 37 heavy (non-hydrogen) atoms. The second-order valence-corrected chi connectivity index (χ2v) is 11.6. The normalized spacial score (nSPS) is 10.7. The van der Waals surface area contributed by atoms with Crippen LogP contribution in [-0.4, -0.2) is 37.7 Å². The Balaban J connectivity index is -0.000000608. The summed E-state index contributed by atoms with van der Waals surface area (Å²) < 4.78 is 0. The molecule has 0 aliphatic heterocycles. The molecule has 0 fully saturated rings. The van der Waals surface area contributed by atoms with Crippen molar-refractivity contribution in [3.05, 3.63) is 13.8 Å². The fourth-order valence-electron chi connectivity index (χ4n) is 5.10. The summed E-state index contributed by atoms with van der Waals surface area (Å²) in [5, 5.41) is 0. The van der Waals surface area contributed by atoms with Gasteiger partial charge in [0.05, 0.1) is 0 Å². The monoisotopic (exact) mass is 547 g/mol. The minimum Gasteiger partial charge on any atom is -0.343 e. The molecular formula is C36H74Ca. The van der Waals surface area contributed by atoms with E-state index in [4.69, 9.17) is 0 Å². The molecule has 0 aromatic heterocycles. The Labute approximate surface area is 269 Å². The molecule has 0 N–H and O–H groups in total. The van der Waals surface area contributed by atoms with E-state index in [1.54, 1.807) is 0 Å². The smallest absolute Gasteiger partial charge is 0.343 e. The maximum Gasteiger partial charge on any atom is 2.00 e. The Kier molecular flexibility index (Phi) is 51.1. The van der Waals surface area contributed by atoms with Crippen LogP contribution in [0.3, 0.4) is 0 Å². The standard InChI is InChI=1S/2C18H37.Ca/c2*1-3-5-7-9-11-13-15-17-18-16-14-12-10-8-6-4-2;/h2*1,3-18H2,2H3;/q2*-1;+2. The van der Waals surface area contributed by atoms with Crippen LogP contribution in [0.25, 0.3) is 0 Å². The van der Waals surface area contributed by atoms with E-state index in [-0.39, 0.29) is 37.7 Å². The summed E-state index contributed by atoms with van der Waals surface area (Å²) in [6, 6.07) is 0. The molecule has 0 bridgehead atoms. The van der Waals surface area contributed by atoms with E-state index in [9.17, 15) is 0 Å². The molecule has 0 aromatic carbocycles. The molecule has 0 aromatic rings. The molecule has 0 saturated heterocycles. The minimum absolute atomic E-state index is 0. The molecule has 0 aliphatic carbocycles. The molecule has 0 heterocycles. The predicted molar refractivity (Wildman–Crippen MR) is 176 cm³/mol. The third-order valence-electron chi connectivity index (χ3n) is 7.71. The van der Waals surface area contributed by atoms with Gasteiger partial charge in [-0.05, 0) is 0 Å². The third-order valence-corrected chi connectivity index (χ3v) is 7.71. The van der Waals surface area contributed by atoms with Crippen LogP contribution in [0.4, 0.5) is 0 Å². The van der Waals surface area contributed by atoms with Crippen LogP contribution in [0.2, 0.25) is 0 Å². The van der Waals surface area contributed by atoms with Gasteiger partial charge >= 0.3 is 37.7 Å². The van der Waals surface area contributed by atoms with Crippen LogP contribution in [0.15, 0.2) is 0 Å². The summed E-state index contributed by atoms with van der Waals surface area (Å²) in [7, 11) is 0. The molecule has 0 spiro atoms. The topological polar surface area (TPSA) is 0 Å². The number of unbranched alkanes of at least 4 members (excludes halogenated alkanes) is 30. The minimum atomic E-state index is 0. The predicted octanol–water partition coefficient (Wildman–Crippen LogP) is 13.8. The molecule has 0 saturated carbocycles. The van der Waals surface area contributed by atoms with Gasteiger partial charge in [0.15, 0.2) is 0 Å². The summed E-state index contributed by atoms with van der Waals surface area (Å²) in [6.45, 7) is 12.4. The quantitative estimate of drug-likeness (QED) is 0.0477. The van der Waals surface area contributed by atoms with Crippen LogP contribution < -0.4 is 0 Å². The van der Waals surface area contributed by atoms with Crippen molar-refractivity contribution in [1.29, 1.82) is 0 Å². The van der Waals surface area contributed by atoms with Crippen molar-refractivity contribution in [3.63, 3.8) is 0 Å². The molecule has 220 valence electrons. The van der Waals surface area contributed by atoms with Gasteiger partial charge in [-0.3, -0.25) is 0 Å². The molecule has 0 rings (SSSR count). The molecule has 0 nitrogen and oxygen atoms in total.